The van der Waals surface area contributed by atoms with Gasteiger partial charge in [0.2, 0.25) is 0 Å². The number of anilines is 1. The molecule has 2 heteroatoms. The van der Waals surface area contributed by atoms with Gasteiger partial charge in [-0.3, -0.25) is 4.98 Å². The van der Waals surface area contributed by atoms with Crippen LogP contribution in [0.25, 0.3) is 0 Å². The standard InChI is InChI=1S/C5H6N2.C3H8/c6-5-2-1-3-7-4-5;1-3-2/h1-4H,6H2;3H2,1-2H3. The van der Waals surface area contributed by atoms with Gasteiger partial charge in [0, 0.05) is 12.4 Å². The van der Waals surface area contributed by atoms with Gasteiger partial charge >= 0.3 is 0 Å². The monoisotopic (exact) mass is 138 g/mol. The minimum atomic E-state index is 0.711. The van der Waals surface area contributed by atoms with Crippen LogP contribution in [0.1, 0.15) is 20.3 Å². The second-order valence-electron chi connectivity index (χ2n) is 1.99. The Labute approximate surface area is 62.1 Å². The van der Waals surface area contributed by atoms with Crippen LogP contribution in [0.4, 0.5) is 5.69 Å². The molecule has 2 N–H and O–H groups in total. The number of pyridine rings is 1. The summed E-state index contributed by atoms with van der Waals surface area (Å²) in [6.07, 6.45) is 4.55. The Hall–Kier alpha value is -1.05. The molecule has 0 aliphatic rings. The van der Waals surface area contributed by atoms with Gasteiger partial charge in [0.05, 0.1) is 5.69 Å². The average Bonchev–Trinajstić information content (AvgIpc) is 1.91. The van der Waals surface area contributed by atoms with Crippen LogP contribution in [0.2, 0.25) is 0 Å². The van der Waals surface area contributed by atoms with Crippen molar-refractivity contribution in [3.63, 3.8) is 0 Å². The quantitative estimate of drug-likeness (QED) is 0.596. The minimum Gasteiger partial charge on any atom is -0.397 e. The molecule has 0 saturated heterocycles. The van der Waals surface area contributed by atoms with Gasteiger partial charge in [0.25, 0.3) is 0 Å². The zero-order valence-electron chi connectivity index (χ0n) is 6.54. The Morgan fingerprint density at radius 3 is 2.30 bits per heavy atom. The molecular weight excluding hydrogens is 124 g/mol. The maximum Gasteiger partial charge on any atom is 0.0500 e. The Bertz CT molecular complexity index is 149. The largest absolute Gasteiger partial charge is 0.397 e. The van der Waals surface area contributed by atoms with Crippen LogP contribution in [0, 0.1) is 0 Å². The van der Waals surface area contributed by atoms with E-state index in [2.05, 4.69) is 18.8 Å². The van der Waals surface area contributed by atoms with E-state index < -0.39 is 0 Å². The van der Waals surface area contributed by atoms with Crippen molar-refractivity contribution in [2.45, 2.75) is 20.3 Å². The molecule has 0 aliphatic heterocycles. The van der Waals surface area contributed by atoms with E-state index >= 15 is 0 Å². The molecule has 0 aromatic carbocycles. The lowest BCUT2D eigenvalue weighted by molar-refractivity contribution is 1.09. The Morgan fingerprint density at radius 2 is 2.10 bits per heavy atom. The van der Waals surface area contributed by atoms with Gasteiger partial charge in [-0.05, 0) is 12.1 Å². The van der Waals surface area contributed by atoms with Gasteiger partial charge in [-0.2, -0.15) is 0 Å². The predicted octanol–water partition coefficient (Wildman–Crippen LogP) is 2.08. The second-order valence-corrected chi connectivity index (χ2v) is 1.99. The second kappa shape index (κ2) is 6.08. The molecule has 0 radical (unpaired) electrons. The van der Waals surface area contributed by atoms with Crippen molar-refractivity contribution in [2.24, 2.45) is 0 Å². The topological polar surface area (TPSA) is 38.9 Å². The maximum atomic E-state index is 5.30. The lowest BCUT2D eigenvalue weighted by Crippen LogP contribution is -1.82. The van der Waals surface area contributed by atoms with Crippen molar-refractivity contribution in [1.29, 1.82) is 0 Å². The van der Waals surface area contributed by atoms with Gasteiger partial charge in [0.1, 0.15) is 0 Å². The minimum absolute atomic E-state index is 0.711. The van der Waals surface area contributed by atoms with Gasteiger partial charge in [-0.25, -0.2) is 0 Å². The highest BCUT2D eigenvalue weighted by Crippen LogP contribution is 1.92. The molecule has 0 unspecified atom stereocenters. The van der Waals surface area contributed by atoms with Crippen LogP contribution < -0.4 is 5.73 Å². The summed E-state index contributed by atoms with van der Waals surface area (Å²) in [7, 11) is 0. The molecule has 1 rings (SSSR count). The highest BCUT2D eigenvalue weighted by Gasteiger charge is 1.73. The Morgan fingerprint density at radius 1 is 1.50 bits per heavy atom. The molecule has 1 aromatic heterocycles. The van der Waals surface area contributed by atoms with Gasteiger partial charge in [-0.15, -0.1) is 0 Å². The summed E-state index contributed by atoms with van der Waals surface area (Å²) in [6.45, 7) is 4.25. The number of nitrogens with zero attached hydrogens (tertiary/aromatic N) is 1. The first kappa shape index (κ1) is 8.95. The Kier molecular flexibility index (Phi) is 5.44. The summed E-state index contributed by atoms with van der Waals surface area (Å²) in [5, 5.41) is 0. The smallest absolute Gasteiger partial charge is 0.0500 e. The van der Waals surface area contributed by atoms with E-state index in [9.17, 15) is 0 Å². The maximum absolute atomic E-state index is 5.30. The van der Waals surface area contributed by atoms with E-state index in [1.165, 1.54) is 6.42 Å². The zero-order valence-corrected chi connectivity index (χ0v) is 6.54. The fourth-order valence-corrected chi connectivity index (χ4v) is 0.376. The van der Waals surface area contributed by atoms with E-state index in [4.69, 9.17) is 5.73 Å². The molecule has 0 saturated carbocycles. The number of hydrogen-bond donors (Lipinski definition) is 1. The number of nitrogens with two attached hydrogens (primary N) is 1. The molecule has 0 atom stereocenters. The first-order valence-corrected chi connectivity index (χ1v) is 3.46. The Balaban J connectivity index is 0.000000236. The summed E-state index contributed by atoms with van der Waals surface area (Å²) in [5.74, 6) is 0. The molecular formula is C8H14N2. The van der Waals surface area contributed by atoms with Crippen molar-refractivity contribution in [1.82, 2.24) is 4.98 Å². The highest BCUT2D eigenvalue weighted by molar-refractivity contribution is 5.32. The number of aromatic nitrogens is 1. The molecule has 1 aromatic rings. The fourth-order valence-electron chi connectivity index (χ4n) is 0.376. The highest BCUT2D eigenvalue weighted by atomic mass is 14.7. The van der Waals surface area contributed by atoms with Crippen molar-refractivity contribution in [3.8, 4) is 0 Å². The van der Waals surface area contributed by atoms with Crippen LogP contribution in [0.15, 0.2) is 24.5 Å². The molecule has 10 heavy (non-hydrogen) atoms. The molecule has 0 aliphatic carbocycles. The van der Waals surface area contributed by atoms with E-state index in [-0.39, 0.29) is 0 Å². The molecule has 0 spiro atoms. The number of nitrogen functional groups attached to an aromatic ring is 1. The van der Waals surface area contributed by atoms with E-state index in [1.54, 1.807) is 24.5 Å². The van der Waals surface area contributed by atoms with Crippen molar-refractivity contribution in [2.75, 3.05) is 5.73 Å². The summed E-state index contributed by atoms with van der Waals surface area (Å²) in [4.78, 5) is 3.76. The van der Waals surface area contributed by atoms with E-state index in [0.717, 1.165) is 0 Å². The third kappa shape index (κ3) is 5.09. The van der Waals surface area contributed by atoms with Crippen molar-refractivity contribution < 1.29 is 0 Å². The summed E-state index contributed by atoms with van der Waals surface area (Å²) in [6, 6.07) is 3.60. The van der Waals surface area contributed by atoms with Crippen molar-refractivity contribution >= 4 is 5.69 Å². The van der Waals surface area contributed by atoms with Crippen LogP contribution >= 0.6 is 0 Å². The fraction of sp³-hybridized carbons (Fsp3) is 0.375. The SMILES string of the molecule is CCC.Nc1cccnc1. The first-order valence-electron chi connectivity index (χ1n) is 3.46. The van der Waals surface area contributed by atoms with Crippen LogP contribution in [-0.2, 0) is 0 Å². The number of hydrogen-bond acceptors (Lipinski definition) is 2. The first-order chi connectivity index (χ1) is 4.81. The van der Waals surface area contributed by atoms with E-state index in [0.29, 0.717) is 5.69 Å². The molecule has 0 bridgehead atoms. The number of rotatable bonds is 0. The third-order valence-corrected chi connectivity index (χ3v) is 0.684. The zero-order chi connectivity index (χ0) is 7.82. The van der Waals surface area contributed by atoms with Gasteiger partial charge in [-0.1, -0.05) is 20.3 Å². The molecule has 2 nitrogen and oxygen atoms in total. The van der Waals surface area contributed by atoms with Gasteiger partial charge < -0.3 is 5.73 Å². The van der Waals surface area contributed by atoms with Crippen molar-refractivity contribution in [3.05, 3.63) is 24.5 Å². The van der Waals surface area contributed by atoms with Gasteiger partial charge in [0.15, 0.2) is 0 Å². The van der Waals surface area contributed by atoms with Crippen LogP contribution in [0.3, 0.4) is 0 Å². The molecule has 0 amide bonds. The molecule has 1 heterocycles. The lowest BCUT2D eigenvalue weighted by atomic mass is 10.4. The lowest BCUT2D eigenvalue weighted by Gasteiger charge is -1.83. The van der Waals surface area contributed by atoms with Crippen LogP contribution in [0.5, 0.6) is 0 Å². The van der Waals surface area contributed by atoms with E-state index in [1.807, 2.05) is 0 Å². The normalized spacial score (nSPS) is 7.80. The summed E-state index contributed by atoms with van der Waals surface area (Å²) in [5.41, 5.74) is 6.01. The van der Waals surface area contributed by atoms with Crippen LogP contribution in [-0.4, -0.2) is 4.98 Å². The summed E-state index contributed by atoms with van der Waals surface area (Å²) >= 11 is 0. The predicted molar refractivity (Wildman–Crippen MR) is 44.6 cm³/mol. The molecule has 0 fully saturated rings. The summed E-state index contributed by atoms with van der Waals surface area (Å²) < 4.78 is 0. The third-order valence-electron chi connectivity index (χ3n) is 0.684. The molecule has 56 valence electrons. The average molecular weight is 138 g/mol.